The van der Waals surface area contributed by atoms with Crippen LogP contribution in [0.15, 0.2) is 52.4 Å². The van der Waals surface area contributed by atoms with Crippen molar-refractivity contribution in [1.29, 1.82) is 0 Å². The Kier molecular flexibility index (Phi) is 4.74. The molecule has 0 atom stereocenters. The number of ether oxygens (including phenoxy) is 1. The van der Waals surface area contributed by atoms with E-state index in [1.54, 1.807) is 0 Å². The molecule has 3 heterocycles. The van der Waals surface area contributed by atoms with Crippen molar-refractivity contribution in [3.63, 3.8) is 0 Å². The van der Waals surface area contributed by atoms with Crippen LogP contribution in [0.5, 0.6) is 0 Å². The molecule has 1 spiro atoms. The summed E-state index contributed by atoms with van der Waals surface area (Å²) in [7, 11) is 0. The number of nitrogens with zero attached hydrogens (tertiary/aromatic N) is 2. The highest BCUT2D eigenvalue weighted by Gasteiger charge is 2.43. The Morgan fingerprint density at radius 2 is 1.90 bits per heavy atom. The fourth-order valence-corrected chi connectivity index (χ4v) is 6.62. The van der Waals surface area contributed by atoms with Gasteiger partial charge >= 0.3 is 0 Å². The zero-order valence-corrected chi connectivity index (χ0v) is 18.8. The molecule has 0 saturated carbocycles. The van der Waals surface area contributed by atoms with Crippen LogP contribution in [0.1, 0.15) is 47.9 Å². The van der Waals surface area contributed by atoms with Crippen LogP contribution < -0.4 is 0 Å². The van der Waals surface area contributed by atoms with Gasteiger partial charge in [0.05, 0.1) is 17.1 Å². The number of benzene rings is 2. The molecule has 4 aliphatic rings. The van der Waals surface area contributed by atoms with Gasteiger partial charge in [-0.25, -0.2) is 0 Å². The third-order valence-corrected chi connectivity index (χ3v) is 8.37. The van der Waals surface area contributed by atoms with Crippen molar-refractivity contribution < 1.29 is 9.53 Å². The molecule has 1 aliphatic carbocycles. The first-order valence-corrected chi connectivity index (χ1v) is 12.1. The molecule has 1 fully saturated rings. The maximum Gasteiger partial charge on any atom is 0.286 e. The van der Waals surface area contributed by atoms with Gasteiger partial charge in [0.15, 0.2) is 5.17 Å². The number of piperidine rings is 1. The van der Waals surface area contributed by atoms with Gasteiger partial charge in [-0.3, -0.25) is 4.79 Å². The van der Waals surface area contributed by atoms with Crippen molar-refractivity contribution in [3.05, 3.63) is 74.6 Å². The predicted molar refractivity (Wildman–Crippen MR) is 125 cm³/mol. The first-order valence-electron chi connectivity index (χ1n) is 10.9. The SMILES string of the molecule is O=C1N=C(N2CCC3(CC2)OCc2ccccc23)S/C1=C1/CCCc2ccc(Cl)cc21. The number of allylic oxidation sites excluding steroid dienone is 1. The van der Waals surface area contributed by atoms with E-state index in [1.807, 2.05) is 12.1 Å². The summed E-state index contributed by atoms with van der Waals surface area (Å²) in [4.78, 5) is 20.4. The third kappa shape index (κ3) is 3.25. The number of amides is 1. The van der Waals surface area contributed by atoms with Crippen LogP contribution in [0.3, 0.4) is 0 Å². The number of halogens is 1. The molecule has 31 heavy (non-hydrogen) atoms. The fourth-order valence-electron chi connectivity index (χ4n) is 5.35. The Morgan fingerprint density at radius 3 is 2.77 bits per heavy atom. The lowest BCUT2D eigenvalue weighted by Crippen LogP contribution is -2.44. The molecule has 158 valence electrons. The fraction of sp³-hybridized carbons (Fsp3) is 0.360. The van der Waals surface area contributed by atoms with E-state index in [-0.39, 0.29) is 11.5 Å². The second kappa shape index (κ2) is 7.51. The Bertz CT molecular complexity index is 1150. The summed E-state index contributed by atoms with van der Waals surface area (Å²) in [5.74, 6) is -0.106. The van der Waals surface area contributed by atoms with Gasteiger partial charge in [-0.1, -0.05) is 41.9 Å². The van der Waals surface area contributed by atoms with Crippen LogP contribution in [0.2, 0.25) is 5.02 Å². The van der Waals surface area contributed by atoms with E-state index in [4.69, 9.17) is 16.3 Å². The van der Waals surface area contributed by atoms with E-state index < -0.39 is 0 Å². The molecule has 0 N–H and O–H groups in total. The monoisotopic (exact) mass is 450 g/mol. The minimum atomic E-state index is -0.179. The predicted octanol–water partition coefficient (Wildman–Crippen LogP) is 5.54. The Labute approximate surface area is 191 Å². The maximum absolute atomic E-state index is 12.9. The average Bonchev–Trinajstić information content (AvgIpc) is 3.35. The molecular formula is C25H23ClN2O2S. The van der Waals surface area contributed by atoms with Gasteiger partial charge in [0.2, 0.25) is 0 Å². The summed E-state index contributed by atoms with van der Waals surface area (Å²) in [6, 6.07) is 14.6. The smallest absolute Gasteiger partial charge is 0.286 e. The molecule has 1 amide bonds. The van der Waals surface area contributed by atoms with Crippen LogP contribution in [-0.2, 0) is 28.2 Å². The van der Waals surface area contributed by atoms with Crippen LogP contribution in [0, 0.1) is 0 Å². The first kappa shape index (κ1) is 19.6. The van der Waals surface area contributed by atoms with Crippen molar-refractivity contribution in [2.24, 2.45) is 4.99 Å². The Hall–Kier alpha value is -2.08. The number of amidine groups is 1. The molecule has 3 aliphatic heterocycles. The van der Waals surface area contributed by atoms with E-state index in [0.717, 1.165) is 66.4 Å². The van der Waals surface area contributed by atoms with Gasteiger partial charge in [0, 0.05) is 18.1 Å². The van der Waals surface area contributed by atoms with Crippen molar-refractivity contribution in [1.82, 2.24) is 4.90 Å². The van der Waals surface area contributed by atoms with Gasteiger partial charge in [-0.2, -0.15) is 4.99 Å². The number of hydrogen-bond acceptors (Lipinski definition) is 4. The van der Waals surface area contributed by atoms with Gasteiger partial charge in [0.1, 0.15) is 0 Å². The van der Waals surface area contributed by atoms with Crippen LogP contribution in [0.25, 0.3) is 5.57 Å². The van der Waals surface area contributed by atoms with Crippen molar-refractivity contribution in [2.45, 2.75) is 44.3 Å². The second-order valence-corrected chi connectivity index (χ2v) is 10.1. The lowest BCUT2D eigenvalue weighted by atomic mass is 9.84. The van der Waals surface area contributed by atoms with Crippen molar-refractivity contribution >= 4 is 40.0 Å². The van der Waals surface area contributed by atoms with Crippen molar-refractivity contribution in [2.75, 3.05) is 13.1 Å². The molecule has 0 radical (unpaired) electrons. The Balaban J connectivity index is 1.23. The molecule has 0 aromatic heterocycles. The molecular weight excluding hydrogens is 428 g/mol. The highest BCUT2D eigenvalue weighted by atomic mass is 35.5. The third-order valence-electron chi connectivity index (χ3n) is 6.98. The van der Waals surface area contributed by atoms with Crippen LogP contribution >= 0.6 is 23.4 Å². The highest BCUT2D eigenvalue weighted by Crippen LogP contribution is 2.46. The summed E-state index contributed by atoms with van der Waals surface area (Å²) in [6.45, 7) is 2.39. The normalized spacial score (nSPS) is 24.4. The molecule has 6 heteroatoms. The molecule has 2 aromatic carbocycles. The van der Waals surface area contributed by atoms with Crippen molar-refractivity contribution in [3.8, 4) is 0 Å². The number of carbonyl (C=O) groups excluding carboxylic acids is 1. The number of rotatable bonds is 0. The number of likely N-dealkylation sites (tertiary alicyclic amines) is 1. The minimum Gasteiger partial charge on any atom is -0.365 e. The van der Waals surface area contributed by atoms with E-state index in [2.05, 4.69) is 40.2 Å². The zero-order valence-electron chi connectivity index (χ0n) is 17.2. The number of aliphatic imine (C=N–C) groups is 1. The highest BCUT2D eigenvalue weighted by molar-refractivity contribution is 8.18. The summed E-state index contributed by atoms with van der Waals surface area (Å²) in [5.41, 5.74) is 5.97. The van der Waals surface area contributed by atoms with E-state index in [0.29, 0.717) is 11.6 Å². The maximum atomic E-state index is 12.9. The number of thioether (sulfide) groups is 1. The van der Waals surface area contributed by atoms with Gasteiger partial charge < -0.3 is 9.64 Å². The van der Waals surface area contributed by atoms with Gasteiger partial charge in [-0.05, 0) is 83.8 Å². The Morgan fingerprint density at radius 1 is 1.06 bits per heavy atom. The zero-order chi connectivity index (χ0) is 21.0. The largest absolute Gasteiger partial charge is 0.365 e. The summed E-state index contributed by atoms with van der Waals surface area (Å²) < 4.78 is 6.29. The number of aryl methyl sites for hydroxylation is 1. The molecule has 1 saturated heterocycles. The summed E-state index contributed by atoms with van der Waals surface area (Å²) in [6.07, 6.45) is 4.83. The number of carbonyl (C=O) groups is 1. The molecule has 4 nitrogen and oxygen atoms in total. The van der Waals surface area contributed by atoms with Gasteiger partial charge in [-0.15, -0.1) is 0 Å². The number of fused-ring (bicyclic) bond motifs is 3. The van der Waals surface area contributed by atoms with E-state index in [1.165, 1.54) is 28.5 Å². The topological polar surface area (TPSA) is 41.9 Å². The average molecular weight is 451 g/mol. The summed E-state index contributed by atoms with van der Waals surface area (Å²) in [5, 5.41) is 1.55. The standard InChI is InChI=1S/C25H23ClN2O2S/c26-18-9-8-16-5-3-6-19(20(16)14-18)22-23(29)27-24(31-22)28-12-10-25(11-13-28)21-7-2-1-4-17(21)15-30-25/h1-2,4,7-9,14H,3,5-6,10-13,15H2/b22-19-. The van der Waals surface area contributed by atoms with E-state index in [9.17, 15) is 4.79 Å². The summed E-state index contributed by atoms with van der Waals surface area (Å²) >= 11 is 7.81. The first-order chi connectivity index (χ1) is 15.1. The molecule has 0 unspecified atom stereocenters. The van der Waals surface area contributed by atoms with Gasteiger partial charge in [0.25, 0.3) is 5.91 Å². The quantitative estimate of drug-likeness (QED) is 0.494. The van der Waals surface area contributed by atoms with Crippen LogP contribution in [-0.4, -0.2) is 29.1 Å². The molecule has 6 rings (SSSR count). The molecule has 2 aromatic rings. The van der Waals surface area contributed by atoms with Crippen LogP contribution in [0.4, 0.5) is 0 Å². The second-order valence-electron chi connectivity index (χ2n) is 8.69. The molecule has 0 bridgehead atoms. The minimum absolute atomic E-state index is 0.106. The number of hydrogen-bond donors (Lipinski definition) is 0. The van der Waals surface area contributed by atoms with E-state index >= 15 is 0 Å². The lowest BCUT2D eigenvalue weighted by molar-refractivity contribution is -0.113. The lowest BCUT2D eigenvalue weighted by Gasteiger charge is -2.39.